The minimum absolute atomic E-state index is 0.185. The third-order valence-electron chi connectivity index (χ3n) is 4.49. The van der Waals surface area contributed by atoms with E-state index in [1.54, 1.807) is 0 Å². The van der Waals surface area contributed by atoms with Crippen molar-refractivity contribution in [2.75, 3.05) is 13.2 Å². The molecule has 106 valence electrons. The molecule has 2 aromatic carbocycles. The van der Waals surface area contributed by atoms with Crippen LogP contribution in [0, 0.1) is 0 Å². The average molecular weight is 280 g/mol. The van der Waals surface area contributed by atoms with Crippen LogP contribution in [0.15, 0.2) is 48.5 Å². The van der Waals surface area contributed by atoms with Crippen LogP contribution in [0.1, 0.15) is 23.3 Å². The number of hydrogen-bond acceptors (Lipinski definition) is 3. The van der Waals surface area contributed by atoms with E-state index in [0.717, 1.165) is 0 Å². The van der Waals surface area contributed by atoms with Gasteiger partial charge in [-0.3, -0.25) is 0 Å². The molecule has 4 bridgehead atoms. The van der Waals surface area contributed by atoms with Crippen molar-refractivity contribution in [2.24, 2.45) is 0 Å². The maximum absolute atomic E-state index is 5.75. The van der Waals surface area contributed by atoms with Crippen LogP contribution in [0.3, 0.4) is 0 Å². The van der Waals surface area contributed by atoms with Crippen LogP contribution < -0.4 is 0 Å². The number of benzene rings is 2. The summed E-state index contributed by atoms with van der Waals surface area (Å²) in [6.07, 6.45) is 0.761. The second kappa shape index (κ2) is 4.41. The van der Waals surface area contributed by atoms with Crippen molar-refractivity contribution in [1.82, 2.24) is 0 Å². The summed E-state index contributed by atoms with van der Waals surface area (Å²) < 4.78 is 17.2. The van der Waals surface area contributed by atoms with E-state index in [0.29, 0.717) is 13.2 Å². The first-order valence-electron chi connectivity index (χ1n) is 7.47. The van der Waals surface area contributed by atoms with E-state index in [2.05, 4.69) is 48.5 Å². The monoisotopic (exact) mass is 280 g/mol. The molecule has 5 rings (SSSR count). The van der Waals surface area contributed by atoms with E-state index in [-0.39, 0.29) is 24.4 Å². The smallest absolute Gasteiger partial charge is 0.112 e. The first-order valence-corrected chi connectivity index (χ1v) is 7.47. The summed E-state index contributed by atoms with van der Waals surface area (Å²) in [6, 6.07) is 17.2. The lowest BCUT2D eigenvalue weighted by Gasteiger charge is -2.06. The number of rotatable bonds is 0. The molecule has 4 atom stereocenters. The molecule has 0 N–H and O–H groups in total. The summed E-state index contributed by atoms with van der Waals surface area (Å²) in [7, 11) is 0. The van der Waals surface area contributed by atoms with E-state index in [4.69, 9.17) is 14.2 Å². The highest BCUT2D eigenvalue weighted by Gasteiger charge is 2.43. The van der Waals surface area contributed by atoms with Gasteiger partial charge in [0.25, 0.3) is 0 Å². The van der Waals surface area contributed by atoms with Crippen molar-refractivity contribution in [3.8, 4) is 11.1 Å². The molecule has 3 heteroatoms. The van der Waals surface area contributed by atoms with Crippen molar-refractivity contribution in [3.63, 3.8) is 0 Å². The van der Waals surface area contributed by atoms with Crippen molar-refractivity contribution < 1.29 is 14.2 Å². The molecular formula is C18H16O3. The average Bonchev–Trinajstić information content (AvgIpc) is 3.42. The molecule has 2 aromatic rings. The van der Waals surface area contributed by atoms with Gasteiger partial charge in [0, 0.05) is 0 Å². The lowest BCUT2D eigenvalue weighted by molar-refractivity contribution is 0.102. The van der Waals surface area contributed by atoms with Gasteiger partial charge in [-0.2, -0.15) is 0 Å². The molecular weight excluding hydrogens is 264 g/mol. The first kappa shape index (κ1) is 11.9. The number of fused-ring (bicyclic) bond motifs is 9. The number of epoxide rings is 2. The van der Waals surface area contributed by atoms with Gasteiger partial charge in [0.05, 0.1) is 13.2 Å². The highest BCUT2D eigenvalue weighted by molar-refractivity contribution is 5.65. The van der Waals surface area contributed by atoms with Gasteiger partial charge in [-0.1, -0.05) is 36.4 Å². The van der Waals surface area contributed by atoms with Gasteiger partial charge in [-0.15, -0.1) is 0 Å². The second-order valence-electron chi connectivity index (χ2n) is 5.98. The van der Waals surface area contributed by atoms with E-state index < -0.39 is 0 Å². The van der Waals surface area contributed by atoms with Gasteiger partial charge in [0.15, 0.2) is 0 Å². The summed E-state index contributed by atoms with van der Waals surface area (Å²) >= 11 is 0. The molecule has 2 fully saturated rings. The Morgan fingerprint density at radius 1 is 0.714 bits per heavy atom. The Morgan fingerprint density at radius 3 is 1.76 bits per heavy atom. The van der Waals surface area contributed by atoms with E-state index in [9.17, 15) is 0 Å². The largest absolute Gasteiger partial charge is 0.376 e. The molecule has 2 saturated heterocycles. The molecule has 0 amide bonds. The predicted octanol–water partition coefficient (Wildman–Crippen LogP) is 3.26. The van der Waals surface area contributed by atoms with Crippen molar-refractivity contribution >= 4 is 0 Å². The Balaban J connectivity index is 1.60. The topological polar surface area (TPSA) is 34.3 Å². The minimum atomic E-state index is 0.185. The molecule has 0 spiro atoms. The van der Waals surface area contributed by atoms with Crippen molar-refractivity contribution in [3.05, 3.63) is 59.7 Å². The first-order chi connectivity index (χ1) is 10.4. The van der Waals surface area contributed by atoms with Crippen LogP contribution in [0.2, 0.25) is 0 Å². The van der Waals surface area contributed by atoms with Crippen LogP contribution in [0.25, 0.3) is 11.1 Å². The Hall–Kier alpha value is -1.68. The maximum Gasteiger partial charge on any atom is 0.112 e. The third kappa shape index (κ3) is 2.09. The standard InChI is InChI=1S/C18H16O3/c1-3-11-7-13(5-1)17-15(20-17)9-19-10-16-18(21-16)14-6-2-4-12(11)8-14/h1-8,15-18H,9-10H2. The van der Waals surface area contributed by atoms with Crippen LogP contribution in [-0.2, 0) is 14.2 Å². The quantitative estimate of drug-likeness (QED) is 0.695. The van der Waals surface area contributed by atoms with Gasteiger partial charge in [0.1, 0.15) is 24.4 Å². The lowest BCUT2D eigenvalue weighted by Crippen LogP contribution is -2.08. The Morgan fingerprint density at radius 2 is 1.24 bits per heavy atom. The lowest BCUT2D eigenvalue weighted by atomic mass is 9.98. The normalized spacial score (nSPS) is 32.8. The highest BCUT2D eigenvalue weighted by atomic mass is 16.6. The molecule has 3 nitrogen and oxygen atoms in total. The summed E-state index contributed by atoms with van der Waals surface area (Å²) in [4.78, 5) is 0. The molecule has 4 unspecified atom stereocenters. The van der Waals surface area contributed by atoms with Gasteiger partial charge in [-0.25, -0.2) is 0 Å². The fourth-order valence-electron chi connectivity index (χ4n) is 3.22. The fraction of sp³-hybridized carbons (Fsp3) is 0.333. The Kier molecular flexibility index (Phi) is 2.50. The highest BCUT2D eigenvalue weighted by Crippen LogP contribution is 2.43. The van der Waals surface area contributed by atoms with Gasteiger partial charge in [0.2, 0.25) is 0 Å². The molecule has 21 heavy (non-hydrogen) atoms. The molecule has 0 saturated carbocycles. The fourth-order valence-corrected chi connectivity index (χ4v) is 3.22. The SMILES string of the molecule is c1cc2cc(c1)C1OC1COCC1OC1c1cccc-2c1. The van der Waals surface area contributed by atoms with E-state index in [1.165, 1.54) is 22.3 Å². The number of ether oxygens (including phenoxy) is 3. The molecule has 0 aromatic heterocycles. The van der Waals surface area contributed by atoms with Crippen molar-refractivity contribution in [1.29, 1.82) is 0 Å². The van der Waals surface area contributed by atoms with Crippen LogP contribution in [0.4, 0.5) is 0 Å². The van der Waals surface area contributed by atoms with Crippen molar-refractivity contribution in [2.45, 2.75) is 24.4 Å². The Bertz CT molecular complexity index is 637. The summed E-state index contributed by atoms with van der Waals surface area (Å²) in [5.74, 6) is 0. The molecule has 0 aliphatic carbocycles. The summed E-state index contributed by atoms with van der Waals surface area (Å²) in [5.41, 5.74) is 4.96. The van der Waals surface area contributed by atoms with E-state index >= 15 is 0 Å². The van der Waals surface area contributed by atoms with Gasteiger partial charge < -0.3 is 14.2 Å². The summed E-state index contributed by atoms with van der Waals surface area (Å²) in [6.45, 7) is 1.30. The molecule has 3 heterocycles. The minimum Gasteiger partial charge on any atom is -0.376 e. The Labute approximate surface area is 123 Å². The molecule has 0 radical (unpaired) electrons. The summed E-state index contributed by atoms with van der Waals surface area (Å²) in [5, 5.41) is 0. The zero-order valence-corrected chi connectivity index (χ0v) is 11.6. The number of hydrogen-bond donors (Lipinski definition) is 0. The van der Waals surface area contributed by atoms with Crippen LogP contribution in [0.5, 0.6) is 0 Å². The predicted molar refractivity (Wildman–Crippen MR) is 77.9 cm³/mol. The zero-order chi connectivity index (χ0) is 13.8. The van der Waals surface area contributed by atoms with Crippen LogP contribution >= 0.6 is 0 Å². The van der Waals surface area contributed by atoms with Gasteiger partial charge >= 0.3 is 0 Å². The third-order valence-corrected chi connectivity index (χ3v) is 4.49. The van der Waals surface area contributed by atoms with E-state index in [1.807, 2.05) is 0 Å². The second-order valence-corrected chi connectivity index (χ2v) is 5.98. The molecule has 3 aliphatic rings. The maximum atomic E-state index is 5.75. The zero-order valence-electron chi connectivity index (χ0n) is 11.6. The van der Waals surface area contributed by atoms with Crippen LogP contribution in [-0.4, -0.2) is 25.4 Å². The molecule has 3 aliphatic heterocycles. The van der Waals surface area contributed by atoms with Gasteiger partial charge in [-0.05, 0) is 34.4 Å².